The SMILES string of the molecule is CCCCCC/C=C/C(C=O)CC(=O)CC. The molecule has 0 aromatic heterocycles. The third kappa shape index (κ3) is 8.39. The van der Waals surface area contributed by atoms with Gasteiger partial charge in [0.25, 0.3) is 0 Å². The van der Waals surface area contributed by atoms with Crippen LogP contribution in [0.2, 0.25) is 0 Å². The highest BCUT2D eigenvalue weighted by Crippen LogP contribution is 2.08. The Morgan fingerprint density at radius 3 is 2.50 bits per heavy atom. The van der Waals surface area contributed by atoms with Gasteiger partial charge in [-0.1, -0.05) is 45.3 Å². The van der Waals surface area contributed by atoms with Crippen LogP contribution in [-0.2, 0) is 9.59 Å². The maximum Gasteiger partial charge on any atom is 0.133 e. The van der Waals surface area contributed by atoms with Crippen molar-refractivity contribution >= 4 is 12.1 Å². The lowest BCUT2D eigenvalue weighted by Gasteiger charge is -2.02. The molecule has 0 aromatic carbocycles. The lowest BCUT2D eigenvalue weighted by atomic mass is 10.0. The number of carbonyl (C=O) groups is 2. The third-order valence-electron chi connectivity index (χ3n) is 2.64. The fourth-order valence-electron chi connectivity index (χ4n) is 1.53. The monoisotopic (exact) mass is 224 g/mol. The van der Waals surface area contributed by atoms with Gasteiger partial charge in [0.2, 0.25) is 0 Å². The van der Waals surface area contributed by atoms with E-state index in [1.807, 2.05) is 19.1 Å². The van der Waals surface area contributed by atoms with Crippen molar-refractivity contribution in [3.63, 3.8) is 0 Å². The van der Waals surface area contributed by atoms with Crippen LogP contribution in [0.15, 0.2) is 12.2 Å². The van der Waals surface area contributed by atoms with E-state index in [1.54, 1.807) is 0 Å². The first-order chi connectivity index (χ1) is 7.74. The van der Waals surface area contributed by atoms with Crippen molar-refractivity contribution in [3.05, 3.63) is 12.2 Å². The van der Waals surface area contributed by atoms with E-state index in [0.29, 0.717) is 12.8 Å². The van der Waals surface area contributed by atoms with E-state index in [4.69, 9.17) is 0 Å². The molecule has 16 heavy (non-hydrogen) atoms. The quantitative estimate of drug-likeness (QED) is 0.322. The van der Waals surface area contributed by atoms with Gasteiger partial charge in [-0.2, -0.15) is 0 Å². The Balaban J connectivity index is 3.71. The molecule has 0 aliphatic carbocycles. The summed E-state index contributed by atoms with van der Waals surface area (Å²) in [6.07, 6.45) is 11.6. The van der Waals surface area contributed by atoms with Crippen LogP contribution >= 0.6 is 0 Å². The van der Waals surface area contributed by atoms with Crippen LogP contribution in [0, 0.1) is 5.92 Å². The second-order valence-corrected chi connectivity index (χ2v) is 4.17. The predicted octanol–water partition coefficient (Wildman–Crippen LogP) is 3.70. The normalized spacial score (nSPS) is 12.9. The summed E-state index contributed by atoms with van der Waals surface area (Å²) in [5, 5.41) is 0. The van der Waals surface area contributed by atoms with Gasteiger partial charge in [-0.25, -0.2) is 0 Å². The number of Topliss-reactive ketones (excluding diaryl/α,β-unsaturated/α-hetero) is 1. The zero-order valence-electron chi connectivity index (χ0n) is 10.6. The first kappa shape index (κ1) is 15.1. The molecule has 0 N–H and O–H groups in total. The van der Waals surface area contributed by atoms with Crippen LogP contribution < -0.4 is 0 Å². The molecule has 1 atom stereocenters. The molecule has 0 radical (unpaired) electrons. The molecule has 0 saturated heterocycles. The molecule has 0 spiro atoms. The van der Waals surface area contributed by atoms with Crippen LogP contribution in [0.25, 0.3) is 0 Å². The van der Waals surface area contributed by atoms with E-state index in [9.17, 15) is 9.59 Å². The number of unbranched alkanes of at least 4 members (excludes halogenated alkanes) is 4. The molecule has 0 rings (SSSR count). The molecule has 0 bridgehead atoms. The van der Waals surface area contributed by atoms with Crippen molar-refractivity contribution in [2.24, 2.45) is 5.92 Å². The molecule has 0 aliphatic heterocycles. The van der Waals surface area contributed by atoms with Crippen LogP contribution in [0.5, 0.6) is 0 Å². The average Bonchev–Trinajstić information content (AvgIpc) is 2.31. The van der Waals surface area contributed by atoms with Gasteiger partial charge in [-0.05, 0) is 12.8 Å². The lowest BCUT2D eigenvalue weighted by Crippen LogP contribution is -2.06. The minimum absolute atomic E-state index is 0.160. The highest BCUT2D eigenvalue weighted by molar-refractivity contribution is 5.81. The summed E-state index contributed by atoms with van der Waals surface area (Å²) in [4.78, 5) is 21.9. The van der Waals surface area contributed by atoms with Gasteiger partial charge >= 0.3 is 0 Å². The third-order valence-corrected chi connectivity index (χ3v) is 2.64. The van der Waals surface area contributed by atoms with Crippen molar-refractivity contribution in [2.75, 3.05) is 0 Å². The predicted molar refractivity (Wildman–Crippen MR) is 67.4 cm³/mol. The number of carbonyl (C=O) groups excluding carboxylic acids is 2. The minimum Gasteiger partial charge on any atom is -0.303 e. The molecule has 2 nitrogen and oxygen atoms in total. The van der Waals surface area contributed by atoms with Crippen LogP contribution in [0.1, 0.15) is 58.8 Å². The average molecular weight is 224 g/mol. The molecule has 1 unspecified atom stereocenters. The molecule has 0 heterocycles. The topological polar surface area (TPSA) is 34.1 Å². The van der Waals surface area contributed by atoms with Gasteiger partial charge in [0.15, 0.2) is 0 Å². The van der Waals surface area contributed by atoms with E-state index >= 15 is 0 Å². The Morgan fingerprint density at radius 2 is 1.94 bits per heavy atom. The maximum absolute atomic E-state index is 11.2. The minimum atomic E-state index is -0.210. The van der Waals surface area contributed by atoms with Crippen LogP contribution in [-0.4, -0.2) is 12.1 Å². The standard InChI is InChI=1S/C14H24O2/c1-3-5-6-7-8-9-10-13(12-15)11-14(16)4-2/h9-10,12-13H,3-8,11H2,1-2H3/b10-9+. The first-order valence-electron chi connectivity index (χ1n) is 6.38. The highest BCUT2D eigenvalue weighted by atomic mass is 16.1. The summed E-state index contributed by atoms with van der Waals surface area (Å²) in [7, 11) is 0. The van der Waals surface area contributed by atoms with Gasteiger partial charge < -0.3 is 4.79 Å². The smallest absolute Gasteiger partial charge is 0.133 e. The van der Waals surface area contributed by atoms with Gasteiger partial charge in [0.1, 0.15) is 12.1 Å². The summed E-state index contributed by atoms with van der Waals surface area (Å²) in [5.74, 6) is -0.0497. The van der Waals surface area contributed by atoms with Crippen molar-refractivity contribution in [2.45, 2.75) is 58.8 Å². The molecule has 0 saturated carbocycles. The van der Waals surface area contributed by atoms with Gasteiger partial charge in [-0.15, -0.1) is 0 Å². The number of allylic oxidation sites excluding steroid dienone is 2. The number of rotatable bonds is 10. The number of aldehydes is 1. The van der Waals surface area contributed by atoms with E-state index in [0.717, 1.165) is 12.7 Å². The summed E-state index contributed by atoms with van der Waals surface area (Å²) in [5.41, 5.74) is 0. The molecular formula is C14H24O2. The van der Waals surface area contributed by atoms with Crippen molar-refractivity contribution < 1.29 is 9.59 Å². The Labute approximate surface area is 99.1 Å². The fraction of sp³-hybridized carbons (Fsp3) is 0.714. The van der Waals surface area contributed by atoms with Crippen LogP contribution in [0.3, 0.4) is 0 Å². The maximum atomic E-state index is 11.2. The van der Waals surface area contributed by atoms with E-state index in [2.05, 4.69) is 6.92 Å². The van der Waals surface area contributed by atoms with E-state index in [1.165, 1.54) is 25.7 Å². The van der Waals surface area contributed by atoms with Crippen LogP contribution in [0.4, 0.5) is 0 Å². The summed E-state index contributed by atoms with van der Waals surface area (Å²) >= 11 is 0. The highest BCUT2D eigenvalue weighted by Gasteiger charge is 2.07. The number of ketones is 1. The van der Waals surface area contributed by atoms with E-state index < -0.39 is 0 Å². The summed E-state index contributed by atoms with van der Waals surface area (Å²) < 4.78 is 0. The van der Waals surface area contributed by atoms with Crippen molar-refractivity contribution in [3.8, 4) is 0 Å². The summed E-state index contributed by atoms with van der Waals surface area (Å²) in [6, 6.07) is 0. The molecule has 0 aliphatic rings. The van der Waals surface area contributed by atoms with Gasteiger partial charge in [0.05, 0.1) is 0 Å². The largest absolute Gasteiger partial charge is 0.303 e. The molecule has 0 fully saturated rings. The Morgan fingerprint density at radius 1 is 1.19 bits per heavy atom. The number of hydrogen-bond acceptors (Lipinski definition) is 2. The van der Waals surface area contributed by atoms with Gasteiger partial charge in [-0.3, -0.25) is 4.79 Å². The Bertz CT molecular complexity index is 219. The Kier molecular flexibility index (Phi) is 9.98. The second kappa shape index (κ2) is 10.6. The summed E-state index contributed by atoms with van der Waals surface area (Å²) in [6.45, 7) is 4.02. The molecule has 0 amide bonds. The molecular weight excluding hydrogens is 200 g/mol. The first-order valence-corrected chi connectivity index (χ1v) is 6.38. The fourth-order valence-corrected chi connectivity index (χ4v) is 1.53. The zero-order chi connectivity index (χ0) is 12.2. The lowest BCUT2D eigenvalue weighted by molar-refractivity contribution is -0.121. The molecule has 92 valence electrons. The van der Waals surface area contributed by atoms with Crippen molar-refractivity contribution in [1.29, 1.82) is 0 Å². The number of hydrogen-bond donors (Lipinski definition) is 0. The molecule has 2 heteroatoms. The van der Waals surface area contributed by atoms with Crippen molar-refractivity contribution in [1.82, 2.24) is 0 Å². The zero-order valence-corrected chi connectivity index (χ0v) is 10.6. The Hall–Kier alpha value is -0.920. The molecule has 0 aromatic rings. The van der Waals surface area contributed by atoms with E-state index in [-0.39, 0.29) is 11.7 Å². The van der Waals surface area contributed by atoms with Gasteiger partial charge in [0, 0.05) is 18.8 Å². The second-order valence-electron chi connectivity index (χ2n) is 4.17.